The van der Waals surface area contributed by atoms with Gasteiger partial charge < -0.3 is 5.32 Å². The molecule has 0 saturated heterocycles. The molecular formula is C25H26N4O2. The number of aromatic nitrogens is 3. The third-order valence-corrected chi connectivity index (χ3v) is 5.70. The van der Waals surface area contributed by atoms with E-state index >= 15 is 0 Å². The fraction of sp³-hybridized carbons (Fsp3) is 0.240. The van der Waals surface area contributed by atoms with E-state index in [9.17, 15) is 9.59 Å². The Labute approximate surface area is 181 Å². The molecule has 0 radical (unpaired) electrons. The van der Waals surface area contributed by atoms with Crippen LogP contribution in [-0.2, 0) is 18.3 Å². The van der Waals surface area contributed by atoms with Crippen molar-refractivity contribution < 1.29 is 4.79 Å². The van der Waals surface area contributed by atoms with E-state index in [0.717, 1.165) is 39.9 Å². The lowest BCUT2D eigenvalue weighted by molar-refractivity contribution is -0.118. The lowest BCUT2D eigenvalue weighted by Gasteiger charge is -2.19. The number of para-hydroxylation sites is 1. The van der Waals surface area contributed by atoms with Gasteiger partial charge >= 0.3 is 0 Å². The topological polar surface area (TPSA) is 68.9 Å². The second-order valence-electron chi connectivity index (χ2n) is 7.72. The smallest absolute Gasteiger partial charge is 0.253 e. The molecule has 1 N–H and O–H groups in total. The molecule has 4 aromatic rings. The van der Waals surface area contributed by atoms with Crippen LogP contribution in [0.2, 0.25) is 0 Å². The predicted octanol–water partition coefficient (Wildman–Crippen LogP) is 4.47. The molecule has 0 aliphatic heterocycles. The molecule has 31 heavy (non-hydrogen) atoms. The van der Waals surface area contributed by atoms with E-state index in [2.05, 4.69) is 10.4 Å². The summed E-state index contributed by atoms with van der Waals surface area (Å²) in [4.78, 5) is 26.4. The average molecular weight is 415 g/mol. The number of benzene rings is 2. The summed E-state index contributed by atoms with van der Waals surface area (Å²) in [5.74, 6) is -0.240. The van der Waals surface area contributed by atoms with Crippen LogP contribution < -0.4 is 10.9 Å². The Kier molecular flexibility index (Phi) is 5.46. The lowest BCUT2D eigenvalue weighted by atomic mass is 10.0. The van der Waals surface area contributed by atoms with E-state index in [4.69, 9.17) is 0 Å². The number of amides is 1. The van der Waals surface area contributed by atoms with Crippen LogP contribution in [0, 0.1) is 6.92 Å². The minimum Gasteiger partial charge on any atom is -0.324 e. The molecule has 1 atom stereocenters. The number of anilines is 1. The summed E-state index contributed by atoms with van der Waals surface area (Å²) < 4.78 is 3.22. The lowest BCUT2D eigenvalue weighted by Crippen LogP contribution is -2.32. The van der Waals surface area contributed by atoms with Crippen molar-refractivity contribution in [1.29, 1.82) is 0 Å². The van der Waals surface area contributed by atoms with Gasteiger partial charge in [-0.1, -0.05) is 55.5 Å². The summed E-state index contributed by atoms with van der Waals surface area (Å²) in [6.45, 7) is 5.71. The molecule has 0 aliphatic carbocycles. The second kappa shape index (κ2) is 8.22. The molecule has 2 aromatic carbocycles. The van der Waals surface area contributed by atoms with Crippen molar-refractivity contribution in [2.45, 2.75) is 33.2 Å². The summed E-state index contributed by atoms with van der Waals surface area (Å²) in [5.41, 5.74) is 4.81. The maximum atomic E-state index is 13.3. The van der Waals surface area contributed by atoms with Crippen molar-refractivity contribution in [3.05, 3.63) is 82.3 Å². The highest BCUT2D eigenvalue weighted by atomic mass is 16.2. The Balaban J connectivity index is 1.84. The van der Waals surface area contributed by atoms with Gasteiger partial charge in [0.05, 0.1) is 5.69 Å². The van der Waals surface area contributed by atoms with Crippen molar-refractivity contribution >= 4 is 22.6 Å². The molecule has 0 bridgehead atoms. The molecule has 0 fully saturated rings. The Hall–Kier alpha value is -3.67. The number of rotatable bonds is 5. The molecule has 1 unspecified atom stereocenters. The van der Waals surface area contributed by atoms with Crippen LogP contribution in [0.15, 0.2) is 65.5 Å². The highest BCUT2D eigenvalue weighted by Crippen LogP contribution is 2.30. The van der Waals surface area contributed by atoms with Crippen LogP contribution in [0.4, 0.5) is 5.69 Å². The normalized spacial score (nSPS) is 12.1. The van der Waals surface area contributed by atoms with Gasteiger partial charge in [-0.15, -0.1) is 0 Å². The number of nitrogens with one attached hydrogen (secondary N) is 1. The number of carbonyl (C=O) groups excluding carboxylic acids is 1. The van der Waals surface area contributed by atoms with Crippen LogP contribution in [0.1, 0.15) is 31.1 Å². The van der Waals surface area contributed by atoms with Crippen LogP contribution in [-0.4, -0.2) is 20.3 Å². The molecule has 4 rings (SSSR count). The second-order valence-corrected chi connectivity index (χ2v) is 7.72. The number of carbonyl (C=O) groups is 1. The maximum absolute atomic E-state index is 13.3. The van der Waals surface area contributed by atoms with Gasteiger partial charge in [0.1, 0.15) is 11.7 Å². The molecule has 0 aliphatic rings. The molecule has 2 aromatic heterocycles. The van der Waals surface area contributed by atoms with Crippen LogP contribution >= 0.6 is 0 Å². The fourth-order valence-electron chi connectivity index (χ4n) is 4.13. The summed E-state index contributed by atoms with van der Waals surface area (Å²) in [6.07, 6.45) is 0.807. The van der Waals surface area contributed by atoms with E-state index in [1.807, 2.05) is 68.4 Å². The number of hydrogen-bond acceptors (Lipinski definition) is 3. The Bertz CT molecular complexity index is 1320. The van der Waals surface area contributed by atoms with Gasteiger partial charge in [0.15, 0.2) is 0 Å². The van der Waals surface area contributed by atoms with Gasteiger partial charge in [-0.25, -0.2) is 0 Å². The maximum Gasteiger partial charge on any atom is 0.253 e. The SMILES string of the molecule is CCc1ccccc1NC(=O)C(C)n1c(=O)cc(-c2ccccc2)c2c(C)nn(C)c21. The number of nitrogens with zero attached hydrogens (tertiary/aromatic N) is 3. The zero-order valence-corrected chi connectivity index (χ0v) is 18.2. The van der Waals surface area contributed by atoms with Gasteiger partial charge in [0, 0.05) is 24.2 Å². The monoisotopic (exact) mass is 414 g/mol. The van der Waals surface area contributed by atoms with Gasteiger partial charge in [-0.05, 0) is 43.0 Å². The predicted molar refractivity (Wildman–Crippen MR) is 124 cm³/mol. The van der Waals surface area contributed by atoms with E-state index < -0.39 is 6.04 Å². The first-order chi connectivity index (χ1) is 14.9. The number of hydrogen-bond donors (Lipinski definition) is 1. The molecule has 0 spiro atoms. The quantitative estimate of drug-likeness (QED) is 0.524. The zero-order chi connectivity index (χ0) is 22.1. The number of fused-ring (bicyclic) bond motifs is 1. The number of aryl methyl sites for hydroxylation is 3. The fourth-order valence-corrected chi connectivity index (χ4v) is 4.13. The highest BCUT2D eigenvalue weighted by molar-refractivity contribution is 5.98. The Morgan fingerprint density at radius 3 is 2.48 bits per heavy atom. The van der Waals surface area contributed by atoms with E-state index in [1.165, 1.54) is 4.57 Å². The molecule has 6 heteroatoms. The van der Waals surface area contributed by atoms with Crippen molar-refractivity contribution in [2.24, 2.45) is 7.05 Å². The summed E-state index contributed by atoms with van der Waals surface area (Å²) in [5, 5.41) is 8.43. The Morgan fingerprint density at radius 1 is 1.10 bits per heavy atom. The minimum atomic E-state index is -0.709. The molecular weight excluding hydrogens is 388 g/mol. The van der Waals surface area contributed by atoms with Crippen molar-refractivity contribution in [1.82, 2.24) is 14.3 Å². The largest absolute Gasteiger partial charge is 0.324 e. The van der Waals surface area contributed by atoms with Gasteiger partial charge in [0.2, 0.25) is 5.91 Å². The van der Waals surface area contributed by atoms with Gasteiger partial charge in [-0.2, -0.15) is 5.10 Å². The molecule has 2 heterocycles. The first-order valence-electron chi connectivity index (χ1n) is 10.5. The van der Waals surface area contributed by atoms with Crippen LogP contribution in [0.3, 0.4) is 0 Å². The van der Waals surface area contributed by atoms with E-state index in [-0.39, 0.29) is 11.5 Å². The molecule has 0 saturated carbocycles. The van der Waals surface area contributed by atoms with Crippen molar-refractivity contribution in [3.63, 3.8) is 0 Å². The third-order valence-electron chi connectivity index (χ3n) is 5.70. The first-order valence-corrected chi connectivity index (χ1v) is 10.5. The van der Waals surface area contributed by atoms with Crippen LogP contribution in [0.25, 0.3) is 22.2 Å². The zero-order valence-electron chi connectivity index (χ0n) is 18.2. The van der Waals surface area contributed by atoms with Crippen molar-refractivity contribution in [2.75, 3.05) is 5.32 Å². The number of pyridine rings is 1. The first kappa shape index (κ1) is 20.6. The summed E-state index contributed by atoms with van der Waals surface area (Å²) >= 11 is 0. The third kappa shape index (κ3) is 3.65. The van der Waals surface area contributed by atoms with Crippen molar-refractivity contribution in [3.8, 4) is 11.1 Å². The van der Waals surface area contributed by atoms with E-state index in [0.29, 0.717) is 5.65 Å². The van der Waals surface area contributed by atoms with Gasteiger partial charge in [-0.3, -0.25) is 18.8 Å². The standard InChI is InChI=1S/C25H26N4O2/c1-5-18-11-9-10-14-21(18)26-24(31)17(3)29-22(30)15-20(19-12-7-6-8-13-19)23-16(2)27-28(4)25(23)29/h6-15,17H,5H2,1-4H3,(H,26,31). The highest BCUT2D eigenvalue weighted by Gasteiger charge is 2.24. The Morgan fingerprint density at radius 2 is 1.77 bits per heavy atom. The average Bonchev–Trinajstić information content (AvgIpc) is 3.07. The summed E-state index contributed by atoms with van der Waals surface area (Å²) in [6, 6.07) is 18.4. The van der Waals surface area contributed by atoms with E-state index in [1.54, 1.807) is 24.7 Å². The van der Waals surface area contributed by atoms with Gasteiger partial charge in [0.25, 0.3) is 5.56 Å². The molecule has 1 amide bonds. The summed E-state index contributed by atoms with van der Waals surface area (Å²) in [7, 11) is 1.80. The molecule has 6 nitrogen and oxygen atoms in total. The minimum absolute atomic E-state index is 0.235. The van der Waals surface area contributed by atoms with Crippen LogP contribution in [0.5, 0.6) is 0 Å². The molecule has 158 valence electrons.